The number of carbonyl (C=O) groups is 1. The third-order valence-electron chi connectivity index (χ3n) is 5.26. The lowest BCUT2D eigenvalue weighted by Gasteiger charge is -2.37. The zero-order chi connectivity index (χ0) is 18.1. The van der Waals surface area contributed by atoms with Gasteiger partial charge in [-0.05, 0) is 41.8 Å². The van der Waals surface area contributed by atoms with Gasteiger partial charge in [0.1, 0.15) is 5.82 Å². The van der Waals surface area contributed by atoms with E-state index in [1.54, 1.807) is 12.3 Å². The molecule has 2 aromatic carbocycles. The molecule has 3 aromatic rings. The lowest BCUT2D eigenvalue weighted by molar-refractivity contribution is 0.101. The number of piperidine rings is 1. The van der Waals surface area contributed by atoms with Gasteiger partial charge in [0, 0.05) is 30.8 Å². The van der Waals surface area contributed by atoms with E-state index in [1.165, 1.54) is 23.3 Å². The topological polar surface area (TPSA) is 53.4 Å². The van der Waals surface area contributed by atoms with Crippen LogP contribution >= 0.6 is 0 Å². The maximum Gasteiger partial charge on any atom is 0.161 e. The molecule has 0 radical (unpaired) electrons. The number of ketones is 1. The highest BCUT2D eigenvalue weighted by atomic mass is 16.3. The van der Waals surface area contributed by atoms with Crippen LogP contribution in [0.5, 0.6) is 0 Å². The van der Waals surface area contributed by atoms with E-state index < -0.39 is 6.10 Å². The number of nitrogens with zero attached hydrogens (tertiary/aromatic N) is 2. The van der Waals surface area contributed by atoms with Crippen LogP contribution in [0.15, 0.2) is 60.8 Å². The molecule has 4 rings (SSSR count). The monoisotopic (exact) mass is 346 g/mol. The third-order valence-corrected chi connectivity index (χ3v) is 5.26. The quantitative estimate of drug-likeness (QED) is 0.733. The normalized spacial score (nSPS) is 20.3. The van der Waals surface area contributed by atoms with Gasteiger partial charge in [0.2, 0.25) is 0 Å². The first-order valence-electron chi connectivity index (χ1n) is 9.00. The fraction of sp³-hybridized carbons (Fsp3) is 0.273. The number of Topliss-reactive ketones (excluding diaryl/α,β-unsaturated/α-hetero) is 1. The van der Waals surface area contributed by atoms with E-state index in [-0.39, 0.29) is 11.7 Å². The predicted molar refractivity (Wildman–Crippen MR) is 104 cm³/mol. The Hall–Kier alpha value is -2.72. The average molecular weight is 346 g/mol. The van der Waals surface area contributed by atoms with Gasteiger partial charge >= 0.3 is 0 Å². The van der Waals surface area contributed by atoms with Gasteiger partial charge in [-0.25, -0.2) is 4.98 Å². The zero-order valence-corrected chi connectivity index (χ0v) is 14.8. The summed E-state index contributed by atoms with van der Waals surface area (Å²) in [7, 11) is 0. The number of β-amino-alcohol motifs (C(OH)–C–C–N with tert-alkyl or cyclic N) is 1. The molecular weight excluding hydrogens is 324 g/mol. The minimum Gasteiger partial charge on any atom is -0.391 e. The molecule has 1 N–H and O–H groups in total. The second-order valence-electron chi connectivity index (χ2n) is 6.98. The van der Waals surface area contributed by atoms with E-state index in [0.717, 1.165) is 18.8 Å². The molecule has 0 spiro atoms. The first-order valence-corrected chi connectivity index (χ1v) is 9.00. The van der Waals surface area contributed by atoms with Crippen LogP contribution in [0.3, 0.4) is 0 Å². The number of hydrogen-bond acceptors (Lipinski definition) is 4. The van der Waals surface area contributed by atoms with E-state index >= 15 is 0 Å². The van der Waals surface area contributed by atoms with Gasteiger partial charge in [-0.3, -0.25) is 4.79 Å². The number of benzene rings is 2. The van der Waals surface area contributed by atoms with Crippen molar-refractivity contribution >= 4 is 22.4 Å². The summed E-state index contributed by atoms with van der Waals surface area (Å²) in [6.07, 6.45) is 2.04. The van der Waals surface area contributed by atoms with Crippen LogP contribution in [0.1, 0.15) is 35.2 Å². The first kappa shape index (κ1) is 16.7. The Labute approximate surface area is 153 Å². The van der Waals surface area contributed by atoms with Gasteiger partial charge in [0.15, 0.2) is 5.78 Å². The molecule has 2 heterocycles. The molecule has 132 valence electrons. The van der Waals surface area contributed by atoms with Crippen LogP contribution in [-0.4, -0.2) is 35.1 Å². The van der Waals surface area contributed by atoms with E-state index in [2.05, 4.69) is 40.2 Å². The first-order chi connectivity index (χ1) is 12.6. The van der Waals surface area contributed by atoms with Crippen molar-refractivity contribution in [1.82, 2.24) is 4.98 Å². The molecule has 1 saturated heterocycles. The Kier molecular flexibility index (Phi) is 4.43. The van der Waals surface area contributed by atoms with Crippen molar-refractivity contribution in [3.8, 4) is 0 Å². The Morgan fingerprint density at radius 1 is 1.12 bits per heavy atom. The number of anilines is 1. The van der Waals surface area contributed by atoms with Crippen molar-refractivity contribution in [3.63, 3.8) is 0 Å². The van der Waals surface area contributed by atoms with Crippen LogP contribution < -0.4 is 4.90 Å². The van der Waals surface area contributed by atoms with Crippen molar-refractivity contribution in [2.24, 2.45) is 0 Å². The number of pyridine rings is 1. The lowest BCUT2D eigenvalue weighted by Crippen LogP contribution is -2.43. The summed E-state index contributed by atoms with van der Waals surface area (Å²) in [4.78, 5) is 17.9. The Balaban J connectivity index is 1.51. The molecule has 0 bridgehead atoms. The summed E-state index contributed by atoms with van der Waals surface area (Å²) in [6, 6.07) is 18.4. The second kappa shape index (κ2) is 6.89. The highest BCUT2D eigenvalue weighted by Gasteiger charge is 2.29. The lowest BCUT2D eigenvalue weighted by atomic mass is 9.86. The van der Waals surface area contributed by atoms with Crippen LogP contribution in [0, 0.1) is 0 Å². The van der Waals surface area contributed by atoms with Crippen LogP contribution in [-0.2, 0) is 0 Å². The molecular formula is C22H22N2O2. The molecule has 0 unspecified atom stereocenters. The SMILES string of the molecule is CC(=O)c1ccc(N2CC[C@H](c3ccc4ccccc4c3)[C@@H](O)C2)nc1. The number of hydrogen-bond donors (Lipinski definition) is 1. The van der Waals surface area contributed by atoms with Crippen molar-refractivity contribution in [3.05, 3.63) is 71.9 Å². The Morgan fingerprint density at radius 2 is 1.92 bits per heavy atom. The van der Waals surface area contributed by atoms with Crippen molar-refractivity contribution in [2.75, 3.05) is 18.0 Å². The van der Waals surface area contributed by atoms with E-state index in [1.807, 2.05) is 18.2 Å². The maximum atomic E-state index is 11.4. The molecule has 0 saturated carbocycles. The number of aliphatic hydroxyl groups excluding tert-OH is 1. The third kappa shape index (κ3) is 3.20. The Morgan fingerprint density at radius 3 is 2.62 bits per heavy atom. The van der Waals surface area contributed by atoms with E-state index in [9.17, 15) is 9.90 Å². The zero-order valence-electron chi connectivity index (χ0n) is 14.8. The van der Waals surface area contributed by atoms with Gasteiger partial charge in [0.25, 0.3) is 0 Å². The number of fused-ring (bicyclic) bond motifs is 1. The van der Waals surface area contributed by atoms with Gasteiger partial charge in [-0.2, -0.15) is 0 Å². The molecule has 1 aliphatic rings. The smallest absolute Gasteiger partial charge is 0.161 e. The summed E-state index contributed by atoms with van der Waals surface area (Å²) in [5, 5.41) is 13.2. The number of aromatic nitrogens is 1. The van der Waals surface area contributed by atoms with E-state index in [4.69, 9.17) is 0 Å². The number of carbonyl (C=O) groups excluding carboxylic acids is 1. The van der Waals surface area contributed by atoms with Crippen LogP contribution in [0.25, 0.3) is 10.8 Å². The largest absolute Gasteiger partial charge is 0.391 e. The fourth-order valence-electron chi connectivity index (χ4n) is 3.75. The van der Waals surface area contributed by atoms with E-state index in [0.29, 0.717) is 12.1 Å². The summed E-state index contributed by atoms with van der Waals surface area (Å²) in [5.74, 6) is 0.956. The van der Waals surface area contributed by atoms with Crippen molar-refractivity contribution < 1.29 is 9.90 Å². The molecule has 4 heteroatoms. The highest BCUT2D eigenvalue weighted by Crippen LogP contribution is 2.32. The summed E-state index contributed by atoms with van der Waals surface area (Å²) in [5.41, 5.74) is 1.80. The number of aliphatic hydroxyl groups is 1. The molecule has 1 aromatic heterocycles. The Bertz CT molecular complexity index is 936. The van der Waals surface area contributed by atoms with Gasteiger partial charge in [-0.15, -0.1) is 0 Å². The summed E-state index contributed by atoms with van der Waals surface area (Å²) in [6.45, 7) is 2.92. The predicted octanol–water partition coefficient (Wildman–Crippen LogP) is 3.79. The van der Waals surface area contributed by atoms with Crippen LogP contribution in [0.4, 0.5) is 5.82 Å². The molecule has 26 heavy (non-hydrogen) atoms. The minimum absolute atomic E-state index is 0.0131. The fourth-order valence-corrected chi connectivity index (χ4v) is 3.75. The minimum atomic E-state index is -0.445. The standard InChI is InChI=1S/C22H22N2O2/c1-15(25)19-8-9-22(23-13-19)24-11-10-20(21(26)14-24)18-7-6-16-4-2-3-5-17(16)12-18/h2-9,12-13,20-21,26H,10-11,14H2,1H3/t20-,21+/m1/s1. The molecule has 4 nitrogen and oxygen atoms in total. The molecule has 0 aliphatic carbocycles. The number of rotatable bonds is 3. The highest BCUT2D eigenvalue weighted by molar-refractivity contribution is 5.93. The average Bonchev–Trinajstić information content (AvgIpc) is 2.67. The van der Waals surface area contributed by atoms with Crippen molar-refractivity contribution in [1.29, 1.82) is 0 Å². The van der Waals surface area contributed by atoms with Crippen LogP contribution in [0.2, 0.25) is 0 Å². The summed E-state index contributed by atoms with van der Waals surface area (Å²) >= 11 is 0. The van der Waals surface area contributed by atoms with Gasteiger partial charge in [0.05, 0.1) is 6.10 Å². The molecule has 1 fully saturated rings. The van der Waals surface area contributed by atoms with Gasteiger partial charge < -0.3 is 10.0 Å². The molecule has 2 atom stereocenters. The second-order valence-corrected chi connectivity index (χ2v) is 6.98. The maximum absolute atomic E-state index is 11.4. The molecule has 1 aliphatic heterocycles. The summed E-state index contributed by atoms with van der Waals surface area (Å²) < 4.78 is 0. The van der Waals surface area contributed by atoms with Crippen molar-refractivity contribution in [2.45, 2.75) is 25.4 Å². The molecule has 0 amide bonds. The van der Waals surface area contributed by atoms with Gasteiger partial charge in [-0.1, -0.05) is 42.5 Å².